The van der Waals surface area contributed by atoms with Gasteiger partial charge in [0.05, 0.1) is 14.2 Å². The zero-order valence-corrected chi connectivity index (χ0v) is 8.12. The molecular formula is C9H14O4. The molecule has 1 aliphatic rings. The molecule has 0 aliphatic heterocycles. The van der Waals surface area contributed by atoms with E-state index in [-0.39, 0.29) is 5.92 Å². The van der Waals surface area contributed by atoms with Gasteiger partial charge in [0.15, 0.2) is 5.41 Å². The smallest absolute Gasteiger partial charge is 0.323 e. The average Bonchev–Trinajstić information content (AvgIpc) is 2.15. The van der Waals surface area contributed by atoms with Crippen LogP contribution in [0.5, 0.6) is 0 Å². The van der Waals surface area contributed by atoms with Crippen LogP contribution in [0.2, 0.25) is 0 Å². The predicted octanol–water partition coefficient (Wildman–Crippen LogP) is 0.749. The molecule has 0 N–H and O–H groups in total. The molecule has 1 rings (SSSR count). The summed E-state index contributed by atoms with van der Waals surface area (Å²) in [5.41, 5.74) is -1.02. The molecule has 1 saturated carbocycles. The first-order valence-corrected chi connectivity index (χ1v) is 4.26. The van der Waals surface area contributed by atoms with Gasteiger partial charge in [-0.25, -0.2) is 0 Å². The molecule has 0 unspecified atom stereocenters. The van der Waals surface area contributed by atoms with E-state index in [0.29, 0.717) is 6.42 Å². The standard InChI is InChI=1S/C9H14O4/c1-6-4-5-9(6,7(10)12-2)8(11)13-3/h6H,4-5H2,1-3H3/t6-/m1/s1. The number of carbonyl (C=O) groups excluding carboxylic acids is 2. The monoisotopic (exact) mass is 186 g/mol. The van der Waals surface area contributed by atoms with Gasteiger partial charge < -0.3 is 9.47 Å². The Kier molecular flexibility index (Phi) is 2.59. The van der Waals surface area contributed by atoms with Gasteiger partial charge in [0.25, 0.3) is 0 Å². The third kappa shape index (κ3) is 1.20. The number of hydrogen-bond donors (Lipinski definition) is 0. The van der Waals surface area contributed by atoms with E-state index in [4.69, 9.17) is 0 Å². The van der Waals surface area contributed by atoms with Crippen molar-refractivity contribution in [3.63, 3.8) is 0 Å². The molecule has 0 spiro atoms. The van der Waals surface area contributed by atoms with Crippen molar-refractivity contribution in [2.45, 2.75) is 19.8 Å². The third-order valence-electron chi connectivity index (χ3n) is 2.91. The first-order valence-electron chi connectivity index (χ1n) is 4.26. The van der Waals surface area contributed by atoms with Crippen LogP contribution in [0.25, 0.3) is 0 Å². The Morgan fingerprint density at radius 3 is 1.85 bits per heavy atom. The van der Waals surface area contributed by atoms with Crippen LogP contribution in [0.1, 0.15) is 19.8 Å². The van der Waals surface area contributed by atoms with Gasteiger partial charge in [-0.1, -0.05) is 6.92 Å². The van der Waals surface area contributed by atoms with Crippen molar-refractivity contribution in [1.29, 1.82) is 0 Å². The maximum atomic E-state index is 11.4. The summed E-state index contributed by atoms with van der Waals surface area (Å²) in [6, 6.07) is 0. The van der Waals surface area contributed by atoms with Crippen molar-refractivity contribution in [1.82, 2.24) is 0 Å². The number of rotatable bonds is 2. The van der Waals surface area contributed by atoms with Gasteiger partial charge in [0.1, 0.15) is 0 Å². The van der Waals surface area contributed by atoms with E-state index in [1.165, 1.54) is 14.2 Å². The number of hydrogen-bond acceptors (Lipinski definition) is 4. The fourth-order valence-corrected chi connectivity index (χ4v) is 1.78. The van der Waals surface area contributed by atoms with Crippen molar-refractivity contribution in [3.05, 3.63) is 0 Å². The molecule has 4 heteroatoms. The van der Waals surface area contributed by atoms with Crippen LogP contribution in [-0.4, -0.2) is 26.2 Å². The molecule has 13 heavy (non-hydrogen) atoms. The van der Waals surface area contributed by atoms with Crippen molar-refractivity contribution in [3.8, 4) is 0 Å². The summed E-state index contributed by atoms with van der Waals surface area (Å²) < 4.78 is 9.22. The van der Waals surface area contributed by atoms with Crippen molar-refractivity contribution < 1.29 is 19.1 Å². The lowest BCUT2D eigenvalue weighted by molar-refractivity contribution is -0.182. The lowest BCUT2D eigenvalue weighted by Gasteiger charge is -2.42. The van der Waals surface area contributed by atoms with E-state index < -0.39 is 17.4 Å². The molecule has 1 atom stereocenters. The highest BCUT2D eigenvalue weighted by molar-refractivity contribution is 6.01. The van der Waals surface area contributed by atoms with E-state index in [2.05, 4.69) is 9.47 Å². The molecule has 4 nitrogen and oxygen atoms in total. The molecule has 1 aliphatic carbocycles. The summed E-state index contributed by atoms with van der Waals surface area (Å²) in [6.45, 7) is 1.86. The second-order valence-electron chi connectivity index (χ2n) is 3.39. The summed E-state index contributed by atoms with van der Waals surface area (Å²) in [6.07, 6.45) is 1.40. The minimum atomic E-state index is -1.02. The zero-order chi connectivity index (χ0) is 10.1. The topological polar surface area (TPSA) is 52.6 Å². The van der Waals surface area contributed by atoms with Crippen LogP contribution >= 0.6 is 0 Å². The normalized spacial score (nSPS) is 24.4. The van der Waals surface area contributed by atoms with Gasteiger partial charge in [0.2, 0.25) is 0 Å². The second-order valence-corrected chi connectivity index (χ2v) is 3.39. The Bertz CT molecular complexity index is 218. The van der Waals surface area contributed by atoms with E-state index in [1.807, 2.05) is 6.92 Å². The molecule has 0 aromatic carbocycles. The molecule has 0 aromatic rings. The second kappa shape index (κ2) is 3.36. The van der Waals surface area contributed by atoms with Crippen LogP contribution in [0, 0.1) is 11.3 Å². The molecular weight excluding hydrogens is 172 g/mol. The van der Waals surface area contributed by atoms with Crippen molar-refractivity contribution >= 4 is 11.9 Å². The molecule has 0 bridgehead atoms. The highest BCUT2D eigenvalue weighted by atomic mass is 16.5. The van der Waals surface area contributed by atoms with Gasteiger partial charge in [-0.3, -0.25) is 9.59 Å². The summed E-state index contributed by atoms with van der Waals surface area (Å²) in [5.74, 6) is -0.927. The maximum absolute atomic E-state index is 11.4. The average molecular weight is 186 g/mol. The number of methoxy groups -OCH3 is 2. The molecule has 74 valence electrons. The van der Waals surface area contributed by atoms with Crippen LogP contribution < -0.4 is 0 Å². The molecule has 0 saturated heterocycles. The van der Waals surface area contributed by atoms with Crippen LogP contribution in [0.15, 0.2) is 0 Å². The number of esters is 2. The molecule has 0 heterocycles. The highest BCUT2D eigenvalue weighted by Gasteiger charge is 2.58. The van der Waals surface area contributed by atoms with Crippen molar-refractivity contribution in [2.75, 3.05) is 14.2 Å². The molecule has 0 radical (unpaired) electrons. The predicted molar refractivity (Wildman–Crippen MR) is 44.9 cm³/mol. The first-order chi connectivity index (χ1) is 6.09. The fourth-order valence-electron chi connectivity index (χ4n) is 1.78. The first kappa shape index (κ1) is 10.0. The quantitative estimate of drug-likeness (QED) is 0.471. The largest absolute Gasteiger partial charge is 0.468 e. The van der Waals surface area contributed by atoms with Gasteiger partial charge in [0, 0.05) is 0 Å². The van der Waals surface area contributed by atoms with E-state index in [9.17, 15) is 9.59 Å². The van der Waals surface area contributed by atoms with Crippen LogP contribution in [0.4, 0.5) is 0 Å². The van der Waals surface area contributed by atoms with E-state index in [0.717, 1.165) is 6.42 Å². The Morgan fingerprint density at radius 1 is 1.23 bits per heavy atom. The van der Waals surface area contributed by atoms with E-state index in [1.54, 1.807) is 0 Å². The van der Waals surface area contributed by atoms with Gasteiger partial charge in [-0.2, -0.15) is 0 Å². The van der Waals surface area contributed by atoms with Gasteiger partial charge >= 0.3 is 11.9 Å². The SMILES string of the molecule is COC(=O)C1(C(=O)OC)CC[C@H]1C. The zero-order valence-electron chi connectivity index (χ0n) is 8.12. The van der Waals surface area contributed by atoms with Crippen LogP contribution in [-0.2, 0) is 19.1 Å². The van der Waals surface area contributed by atoms with Crippen molar-refractivity contribution in [2.24, 2.45) is 11.3 Å². The number of carbonyl (C=O) groups is 2. The Labute approximate surface area is 77.2 Å². The summed E-state index contributed by atoms with van der Waals surface area (Å²) in [4.78, 5) is 22.8. The van der Waals surface area contributed by atoms with Gasteiger partial charge in [-0.05, 0) is 18.8 Å². The van der Waals surface area contributed by atoms with Gasteiger partial charge in [-0.15, -0.1) is 0 Å². The highest BCUT2D eigenvalue weighted by Crippen LogP contribution is 2.48. The Morgan fingerprint density at radius 2 is 1.69 bits per heavy atom. The van der Waals surface area contributed by atoms with E-state index >= 15 is 0 Å². The Balaban J connectivity index is 2.89. The fraction of sp³-hybridized carbons (Fsp3) is 0.778. The maximum Gasteiger partial charge on any atom is 0.323 e. The Hall–Kier alpha value is -1.06. The molecule has 1 fully saturated rings. The molecule has 0 amide bonds. The lowest BCUT2D eigenvalue weighted by Crippen LogP contribution is -2.52. The lowest BCUT2D eigenvalue weighted by atomic mass is 9.61. The summed E-state index contributed by atoms with van der Waals surface area (Å²) in [5, 5.41) is 0. The summed E-state index contributed by atoms with van der Waals surface area (Å²) >= 11 is 0. The molecule has 0 aromatic heterocycles. The number of ether oxygens (including phenoxy) is 2. The minimum absolute atomic E-state index is 0.0207. The minimum Gasteiger partial charge on any atom is -0.468 e. The third-order valence-corrected chi connectivity index (χ3v) is 2.91. The summed E-state index contributed by atoms with van der Waals surface area (Å²) in [7, 11) is 2.58. The van der Waals surface area contributed by atoms with Crippen LogP contribution in [0.3, 0.4) is 0 Å².